The van der Waals surface area contributed by atoms with Gasteiger partial charge in [-0.05, 0) is 69.0 Å². The molecule has 3 rings (SSSR count). The average Bonchev–Trinajstić information content (AvgIpc) is 3.19. The molecule has 1 aliphatic carbocycles. The lowest BCUT2D eigenvalue weighted by molar-refractivity contribution is -0.119. The number of sulfonamides is 1. The lowest BCUT2D eigenvalue weighted by Crippen LogP contribution is -2.39. The number of carbonyl (C=O) groups is 1. The van der Waals surface area contributed by atoms with Crippen LogP contribution in [0.3, 0.4) is 0 Å². The van der Waals surface area contributed by atoms with Crippen molar-refractivity contribution < 1.29 is 17.6 Å². The minimum Gasteiger partial charge on any atom is -0.271 e. The molecule has 0 saturated heterocycles. The molecular weight excluding hydrogens is 381 g/mol. The van der Waals surface area contributed by atoms with Crippen molar-refractivity contribution in [2.45, 2.75) is 37.5 Å². The van der Waals surface area contributed by atoms with E-state index in [4.69, 9.17) is 0 Å². The highest BCUT2D eigenvalue weighted by Crippen LogP contribution is 2.24. The molecule has 2 aromatic carbocycles. The third-order valence-corrected chi connectivity index (χ3v) is 6.32. The molecule has 28 heavy (non-hydrogen) atoms. The molecule has 1 fully saturated rings. The minimum absolute atomic E-state index is 0.0932. The van der Waals surface area contributed by atoms with E-state index in [0.29, 0.717) is 5.69 Å². The maximum Gasteiger partial charge on any atom is 0.264 e. The van der Waals surface area contributed by atoms with E-state index >= 15 is 0 Å². The number of hydrazone groups is 1. The van der Waals surface area contributed by atoms with Gasteiger partial charge in [-0.15, -0.1) is 0 Å². The molecule has 1 N–H and O–H groups in total. The van der Waals surface area contributed by atoms with E-state index in [2.05, 4.69) is 10.5 Å². The van der Waals surface area contributed by atoms with E-state index in [1.54, 1.807) is 24.3 Å². The number of anilines is 1. The van der Waals surface area contributed by atoms with E-state index in [9.17, 15) is 17.6 Å². The molecule has 8 heteroatoms. The van der Waals surface area contributed by atoms with Crippen LogP contribution < -0.4 is 9.73 Å². The first-order valence-corrected chi connectivity index (χ1v) is 10.5. The van der Waals surface area contributed by atoms with Crippen LogP contribution in [0.25, 0.3) is 0 Å². The first-order valence-electron chi connectivity index (χ1n) is 9.05. The van der Waals surface area contributed by atoms with Crippen molar-refractivity contribution in [2.24, 2.45) is 5.10 Å². The highest BCUT2D eigenvalue weighted by Gasteiger charge is 2.27. The second-order valence-corrected chi connectivity index (χ2v) is 8.58. The van der Waals surface area contributed by atoms with Gasteiger partial charge in [-0.25, -0.2) is 18.2 Å². The van der Waals surface area contributed by atoms with Gasteiger partial charge in [0.25, 0.3) is 15.9 Å². The van der Waals surface area contributed by atoms with E-state index in [-0.39, 0.29) is 4.90 Å². The fourth-order valence-electron chi connectivity index (χ4n) is 2.96. The maximum absolute atomic E-state index is 13.2. The van der Waals surface area contributed by atoms with Crippen molar-refractivity contribution >= 4 is 27.3 Å². The monoisotopic (exact) mass is 403 g/mol. The molecule has 0 atom stereocenters. The SMILES string of the molecule is Cc1ccc(N(CC(=O)NN=C2CCCC2)S(=O)(=O)c2ccc(F)cc2)cc1. The molecule has 0 aromatic heterocycles. The van der Waals surface area contributed by atoms with Crippen molar-refractivity contribution in [3.8, 4) is 0 Å². The Morgan fingerprint density at radius 1 is 1.07 bits per heavy atom. The highest BCUT2D eigenvalue weighted by atomic mass is 32.2. The van der Waals surface area contributed by atoms with Crippen LogP contribution >= 0.6 is 0 Å². The Morgan fingerprint density at radius 2 is 1.68 bits per heavy atom. The summed E-state index contributed by atoms with van der Waals surface area (Å²) < 4.78 is 40.4. The summed E-state index contributed by atoms with van der Waals surface area (Å²) >= 11 is 0. The lowest BCUT2D eigenvalue weighted by atomic mass is 10.2. The summed E-state index contributed by atoms with van der Waals surface area (Å²) in [6.07, 6.45) is 3.78. The van der Waals surface area contributed by atoms with E-state index in [1.807, 2.05) is 6.92 Å². The zero-order valence-electron chi connectivity index (χ0n) is 15.6. The summed E-state index contributed by atoms with van der Waals surface area (Å²) in [6.45, 7) is 1.45. The highest BCUT2D eigenvalue weighted by molar-refractivity contribution is 7.92. The molecule has 0 radical (unpaired) electrons. The van der Waals surface area contributed by atoms with E-state index in [1.165, 1.54) is 12.1 Å². The fourth-order valence-corrected chi connectivity index (χ4v) is 4.38. The number of halogens is 1. The zero-order valence-corrected chi connectivity index (χ0v) is 16.4. The molecular formula is C20H22FN3O3S. The van der Waals surface area contributed by atoms with Gasteiger partial charge in [-0.2, -0.15) is 5.10 Å². The van der Waals surface area contributed by atoms with Crippen LogP contribution in [0.2, 0.25) is 0 Å². The Labute approximate surface area is 164 Å². The predicted octanol–water partition coefficient (Wildman–Crippen LogP) is 3.38. The molecule has 6 nitrogen and oxygen atoms in total. The van der Waals surface area contributed by atoms with Crippen LogP contribution in [0, 0.1) is 12.7 Å². The maximum atomic E-state index is 13.2. The van der Waals surface area contributed by atoms with Gasteiger partial charge in [0.15, 0.2) is 0 Å². The topological polar surface area (TPSA) is 78.8 Å². The Kier molecular flexibility index (Phi) is 6.08. The van der Waals surface area contributed by atoms with Crippen molar-refractivity contribution in [3.63, 3.8) is 0 Å². The fraction of sp³-hybridized carbons (Fsp3) is 0.300. The summed E-state index contributed by atoms with van der Waals surface area (Å²) in [4.78, 5) is 12.3. The van der Waals surface area contributed by atoms with Crippen molar-refractivity contribution in [1.82, 2.24) is 5.43 Å². The third-order valence-electron chi connectivity index (χ3n) is 4.53. The van der Waals surface area contributed by atoms with Gasteiger partial charge in [0.05, 0.1) is 10.6 Å². The number of amides is 1. The Morgan fingerprint density at radius 3 is 2.29 bits per heavy atom. The molecule has 0 bridgehead atoms. The second kappa shape index (κ2) is 8.52. The van der Waals surface area contributed by atoms with Crippen LogP contribution in [0.4, 0.5) is 10.1 Å². The molecule has 1 amide bonds. The van der Waals surface area contributed by atoms with Crippen LogP contribution in [-0.2, 0) is 14.8 Å². The summed E-state index contributed by atoms with van der Waals surface area (Å²) in [7, 11) is -4.06. The number of nitrogens with one attached hydrogen (secondary N) is 1. The first kappa shape index (κ1) is 20.0. The summed E-state index contributed by atoms with van der Waals surface area (Å²) in [5.41, 5.74) is 4.67. The van der Waals surface area contributed by atoms with Crippen LogP contribution in [0.1, 0.15) is 31.2 Å². The minimum atomic E-state index is -4.06. The van der Waals surface area contributed by atoms with Gasteiger partial charge >= 0.3 is 0 Å². The summed E-state index contributed by atoms with van der Waals surface area (Å²) in [5.74, 6) is -1.07. The largest absolute Gasteiger partial charge is 0.271 e. The van der Waals surface area contributed by atoms with Gasteiger partial charge in [0.1, 0.15) is 12.4 Å². The molecule has 1 saturated carbocycles. The molecule has 0 aliphatic heterocycles. The second-order valence-electron chi connectivity index (χ2n) is 6.72. The van der Waals surface area contributed by atoms with Crippen LogP contribution in [0.5, 0.6) is 0 Å². The molecule has 1 aliphatic rings. The lowest BCUT2D eigenvalue weighted by Gasteiger charge is -2.24. The molecule has 0 unspecified atom stereocenters. The number of benzene rings is 2. The smallest absolute Gasteiger partial charge is 0.264 e. The summed E-state index contributed by atoms with van der Waals surface area (Å²) in [5, 5.41) is 4.10. The average molecular weight is 403 g/mol. The number of aryl methyl sites for hydroxylation is 1. The zero-order chi connectivity index (χ0) is 20.1. The number of rotatable bonds is 6. The number of carbonyl (C=O) groups excluding carboxylic acids is 1. The summed E-state index contributed by atoms with van der Waals surface area (Å²) in [6, 6.07) is 11.3. The van der Waals surface area contributed by atoms with Crippen LogP contribution in [-0.4, -0.2) is 26.6 Å². The number of hydrogen-bond donors (Lipinski definition) is 1. The number of nitrogens with zero attached hydrogens (tertiary/aromatic N) is 2. The molecule has 148 valence electrons. The van der Waals surface area contributed by atoms with Gasteiger partial charge in [0.2, 0.25) is 0 Å². The van der Waals surface area contributed by atoms with Crippen molar-refractivity contribution in [2.75, 3.05) is 10.8 Å². The third kappa shape index (κ3) is 4.75. The molecule has 0 heterocycles. The van der Waals surface area contributed by atoms with E-state index in [0.717, 1.165) is 53.4 Å². The van der Waals surface area contributed by atoms with Gasteiger partial charge in [-0.3, -0.25) is 9.10 Å². The van der Waals surface area contributed by atoms with Gasteiger partial charge < -0.3 is 0 Å². The molecule has 0 spiro atoms. The van der Waals surface area contributed by atoms with Gasteiger partial charge in [-0.1, -0.05) is 17.7 Å². The first-order chi connectivity index (χ1) is 13.4. The normalized spacial score (nSPS) is 14.0. The standard InChI is InChI=1S/C20H22FN3O3S/c1-15-6-10-18(11-7-15)24(14-20(25)23-22-17-4-2-3-5-17)28(26,27)19-12-8-16(21)9-13-19/h6-13H,2-5,14H2,1H3,(H,23,25). The number of hydrogen-bond acceptors (Lipinski definition) is 4. The Balaban J connectivity index is 1.88. The molecule has 2 aromatic rings. The quantitative estimate of drug-likeness (QED) is 0.751. The van der Waals surface area contributed by atoms with Crippen LogP contribution in [0.15, 0.2) is 58.5 Å². The van der Waals surface area contributed by atoms with Crippen molar-refractivity contribution in [1.29, 1.82) is 0 Å². The van der Waals surface area contributed by atoms with Crippen molar-refractivity contribution in [3.05, 3.63) is 59.9 Å². The Hall–Kier alpha value is -2.74. The van der Waals surface area contributed by atoms with E-state index < -0.39 is 28.3 Å². The Bertz CT molecular complexity index is 963. The van der Waals surface area contributed by atoms with Gasteiger partial charge in [0, 0.05) is 5.71 Å². The predicted molar refractivity (Wildman–Crippen MR) is 106 cm³/mol.